The molecule has 0 unspecified atom stereocenters. The van der Waals surface area contributed by atoms with Crippen molar-refractivity contribution in [3.63, 3.8) is 0 Å². The van der Waals surface area contributed by atoms with Gasteiger partial charge in [-0.15, -0.1) is 6.58 Å². The number of imidazole rings is 1. The predicted octanol–water partition coefficient (Wildman–Crippen LogP) is 0.653. The third-order valence-corrected chi connectivity index (χ3v) is 2.43. The van der Waals surface area contributed by atoms with Crippen LogP contribution in [0.5, 0.6) is 0 Å². The van der Waals surface area contributed by atoms with Crippen molar-refractivity contribution in [2.75, 3.05) is 31.3 Å². The Labute approximate surface area is 105 Å². The van der Waals surface area contributed by atoms with Gasteiger partial charge in [0, 0.05) is 20.2 Å². The lowest BCUT2D eigenvalue weighted by Crippen LogP contribution is -2.07. The summed E-state index contributed by atoms with van der Waals surface area (Å²) in [7, 11) is 1.65. The van der Waals surface area contributed by atoms with Crippen LogP contribution in [0.25, 0.3) is 11.2 Å². The third-order valence-electron chi connectivity index (χ3n) is 2.43. The zero-order valence-corrected chi connectivity index (χ0v) is 10.3. The van der Waals surface area contributed by atoms with Crippen molar-refractivity contribution in [3.8, 4) is 0 Å². The molecule has 96 valence electrons. The first-order chi connectivity index (χ1) is 8.76. The van der Waals surface area contributed by atoms with Gasteiger partial charge in [-0.2, -0.15) is 9.97 Å². The molecular formula is C11H16N6O. The van der Waals surface area contributed by atoms with Crippen LogP contribution in [0.2, 0.25) is 0 Å². The monoisotopic (exact) mass is 248 g/mol. The molecule has 0 saturated carbocycles. The number of ether oxygens (including phenoxy) is 1. The lowest BCUT2D eigenvalue weighted by Gasteiger charge is -2.06. The lowest BCUT2D eigenvalue weighted by molar-refractivity contribution is 0.188. The van der Waals surface area contributed by atoms with Crippen LogP contribution in [0.3, 0.4) is 0 Å². The molecule has 3 N–H and O–H groups in total. The molecule has 0 aliphatic heterocycles. The van der Waals surface area contributed by atoms with Crippen LogP contribution in [-0.4, -0.2) is 39.8 Å². The molecule has 0 spiro atoms. The average Bonchev–Trinajstić information content (AvgIpc) is 2.76. The van der Waals surface area contributed by atoms with Crippen molar-refractivity contribution in [1.82, 2.24) is 19.5 Å². The highest BCUT2D eigenvalue weighted by Crippen LogP contribution is 2.19. The molecule has 7 nitrogen and oxygen atoms in total. The normalized spacial score (nSPS) is 10.7. The van der Waals surface area contributed by atoms with E-state index in [1.54, 1.807) is 19.5 Å². The van der Waals surface area contributed by atoms with E-state index in [1.807, 2.05) is 4.57 Å². The smallest absolute Gasteiger partial charge is 0.224 e. The van der Waals surface area contributed by atoms with Crippen molar-refractivity contribution in [3.05, 3.63) is 19.0 Å². The number of rotatable bonds is 6. The van der Waals surface area contributed by atoms with Crippen LogP contribution < -0.4 is 11.1 Å². The van der Waals surface area contributed by atoms with Crippen LogP contribution >= 0.6 is 0 Å². The Hall–Kier alpha value is -2.15. The van der Waals surface area contributed by atoms with Gasteiger partial charge in [0.25, 0.3) is 0 Å². The van der Waals surface area contributed by atoms with Gasteiger partial charge in [-0.25, -0.2) is 4.98 Å². The quantitative estimate of drug-likeness (QED) is 0.729. The Kier molecular flexibility index (Phi) is 3.73. The fourth-order valence-corrected chi connectivity index (χ4v) is 1.61. The van der Waals surface area contributed by atoms with Gasteiger partial charge in [0.2, 0.25) is 5.95 Å². The second kappa shape index (κ2) is 5.46. The van der Waals surface area contributed by atoms with Crippen molar-refractivity contribution in [2.24, 2.45) is 0 Å². The molecule has 2 heterocycles. The summed E-state index contributed by atoms with van der Waals surface area (Å²) in [4.78, 5) is 12.6. The topological polar surface area (TPSA) is 90.9 Å². The molecule has 0 bridgehead atoms. The predicted molar refractivity (Wildman–Crippen MR) is 70.3 cm³/mol. The second-order valence-corrected chi connectivity index (χ2v) is 3.70. The summed E-state index contributed by atoms with van der Waals surface area (Å²) in [6.07, 6.45) is 3.45. The molecule has 0 amide bonds. The van der Waals surface area contributed by atoms with Gasteiger partial charge in [0.15, 0.2) is 17.0 Å². The Morgan fingerprint density at radius 2 is 2.39 bits per heavy atom. The van der Waals surface area contributed by atoms with E-state index in [-0.39, 0.29) is 5.95 Å². The Morgan fingerprint density at radius 1 is 1.56 bits per heavy atom. The molecule has 0 aromatic carbocycles. The number of fused-ring (bicyclic) bond motifs is 1. The van der Waals surface area contributed by atoms with Gasteiger partial charge < -0.3 is 20.4 Å². The Balaban J connectivity index is 2.40. The summed E-state index contributed by atoms with van der Waals surface area (Å²) in [6.45, 7) is 5.50. The minimum Gasteiger partial charge on any atom is -0.383 e. The van der Waals surface area contributed by atoms with E-state index in [2.05, 4.69) is 26.8 Å². The SMILES string of the molecule is C=CCNc1nc(N)nc2c1ncn2CCOC. The molecule has 0 saturated heterocycles. The van der Waals surface area contributed by atoms with Gasteiger partial charge in [0.1, 0.15) is 0 Å². The first-order valence-corrected chi connectivity index (χ1v) is 5.58. The summed E-state index contributed by atoms with van der Waals surface area (Å²) < 4.78 is 6.92. The van der Waals surface area contributed by atoms with Crippen LogP contribution in [0, 0.1) is 0 Å². The zero-order chi connectivity index (χ0) is 13.0. The first kappa shape index (κ1) is 12.3. The molecule has 7 heteroatoms. The average molecular weight is 248 g/mol. The number of nitrogen functional groups attached to an aromatic ring is 1. The van der Waals surface area contributed by atoms with Crippen LogP contribution in [0.1, 0.15) is 0 Å². The van der Waals surface area contributed by atoms with Crippen LogP contribution in [-0.2, 0) is 11.3 Å². The largest absolute Gasteiger partial charge is 0.383 e. The minimum atomic E-state index is 0.216. The van der Waals surface area contributed by atoms with Crippen molar-refractivity contribution < 1.29 is 4.74 Å². The molecular weight excluding hydrogens is 232 g/mol. The molecule has 0 atom stereocenters. The second-order valence-electron chi connectivity index (χ2n) is 3.70. The van der Waals surface area contributed by atoms with Gasteiger partial charge in [0.05, 0.1) is 12.9 Å². The molecule has 18 heavy (non-hydrogen) atoms. The van der Waals surface area contributed by atoms with E-state index in [4.69, 9.17) is 10.5 Å². The lowest BCUT2D eigenvalue weighted by atomic mass is 10.4. The zero-order valence-electron chi connectivity index (χ0n) is 10.3. The maximum Gasteiger partial charge on any atom is 0.224 e. The maximum atomic E-state index is 5.69. The summed E-state index contributed by atoms with van der Waals surface area (Å²) >= 11 is 0. The van der Waals surface area contributed by atoms with E-state index in [0.717, 1.165) is 0 Å². The fourth-order valence-electron chi connectivity index (χ4n) is 1.61. The number of hydrogen-bond donors (Lipinski definition) is 2. The molecule has 0 aliphatic carbocycles. The van der Waals surface area contributed by atoms with Gasteiger partial charge in [-0.05, 0) is 0 Å². The van der Waals surface area contributed by atoms with E-state index in [0.29, 0.717) is 36.7 Å². The van der Waals surface area contributed by atoms with Crippen molar-refractivity contribution in [1.29, 1.82) is 0 Å². The van der Waals surface area contributed by atoms with Gasteiger partial charge in [-0.3, -0.25) is 0 Å². The van der Waals surface area contributed by atoms with E-state index in [9.17, 15) is 0 Å². The Bertz CT molecular complexity index is 550. The highest BCUT2D eigenvalue weighted by Gasteiger charge is 2.11. The molecule has 2 aromatic heterocycles. The van der Waals surface area contributed by atoms with E-state index in [1.165, 1.54) is 0 Å². The number of nitrogens with two attached hydrogens (primary N) is 1. The van der Waals surface area contributed by atoms with E-state index < -0.39 is 0 Å². The third kappa shape index (κ3) is 2.40. The van der Waals surface area contributed by atoms with Gasteiger partial charge >= 0.3 is 0 Å². The van der Waals surface area contributed by atoms with Crippen molar-refractivity contribution in [2.45, 2.75) is 6.54 Å². The number of methoxy groups -OCH3 is 1. The molecule has 0 aliphatic rings. The van der Waals surface area contributed by atoms with Crippen molar-refractivity contribution >= 4 is 22.9 Å². The number of aromatic nitrogens is 4. The highest BCUT2D eigenvalue weighted by atomic mass is 16.5. The molecule has 2 rings (SSSR count). The molecule has 0 fully saturated rings. The number of anilines is 2. The van der Waals surface area contributed by atoms with Crippen LogP contribution in [0.4, 0.5) is 11.8 Å². The van der Waals surface area contributed by atoms with Gasteiger partial charge in [-0.1, -0.05) is 6.08 Å². The first-order valence-electron chi connectivity index (χ1n) is 5.58. The summed E-state index contributed by atoms with van der Waals surface area (Å²) in [5, 5.41) is 3.09. The maximum absolute atomic E-state index is 5.69. The minimum absolute atomic E-state index is 0.216. The number of nitrogens with zero attached hydrogens (tertiary/aromatic N) is 4. The van der Waals surface area contributed by atoms with Crippen LogP contribution in [0.15, 0.2) is 19.0 Å². The van der Waals surface area contributed by atoms with E-state index >= 15 is 0 Å². The summed E-state index contributed by atoms with van der Waals surface area (Å²) in [5.74, 6) is 0.835. The summed E-state index contributed by atoms with van der Waals surface area (Å²) in [6, 6.07) is 0. The number of hydrogen-bond acceptors (Lipinski definition) is 6. The highest BCUT2D eigenvalue weighted by molar-refractivity contribution is 5.84. The molecule has 0 radical (unpaired) electrons. The number of nitrogens with one attached hydrogen (secondary N) is 1. The standard InChI is InChI=1S/C11H16N6O/c1-3-4-13-9-8-10(16-11(12)15-9)17(7-14-8)5-6-18-2/h3,7H,1,4-6H2,2H3,(H3,12,13,15,16). The molecule has 2 aromatic rings. The summed E-state index contributed by atoms with van der Waals surface area (Å²) in [5.41, 5.74) is 7.09. The fraction of sp³-hybridized carbons (Fsp3) is 0.364. The Morgan fingerprint density at radius 3 is 3.11 bits per heavy atom.